The van der Waals surface area contributed by atoms with Crippen LogP contribution < -0.4 is 14.8 Å². The molecule has 140 valence electrons. The summed E-state index contributed by atoms with van der Waals surface area (Å²) in [6, 6.07) is 9.22. The van der Waals surface area contributed by atoms with Gasteiger partial charge in [-0.3, -0.25) is 4.79 Å². The molecule has 0 radical (unpaired) electrons. The zero-order valence-corrected chi connectivity index (χ0v) is 15.6. The molecular formula is C18H21FN2O4S. The van der Waals surface area contributed by atoms with Gasteiger partial charge in [-0.1, -0.05) is 19.1 Å². The molecule has 0 aromatic heterocycles. The molecule has 2 N–H and O–H groups in total. The van der Waals surface area contributed by atoms with Crippen LogP contribution in [-0.4, -0.2) is 21.4 Å². The quantitative estimate of drug-likeness (QED) is 0.772. The summed E-state index contributed by atoms with van der Waals surface area (Å²) in [5.74, 6) is -0.293. The van der Waals surface area contributed by atoms with E-state index in [9.17, 15) is 17.6 Å². The molecule has 0 saturated heterocycles. The van der Waals surface area contributed by atoms with E-state index in [0.717, 1.165) is 0 Å². The Morgan fingerprint density at radius 1 is 1.19 bits per heavy atom. The number of sulfonamides is 1. The van der Waals surface area contributed by atoms with E-state index in [-0.39, 0.29) is 22.9 Å². The number of halogens is 1. The van der Waals surface area contributed by atoms with E-state index in [4.69, 9.17) is 4.74 Å². The molecule has 0 heterocycles. The average Bonchev–Trinajstić information content (AvgIpc) is 2.61. The molecule has 0 aliphatic rings. The van der Waals surface area contributed by atoms with Gasteiger partial charge in [0.25, 0.3) is 0 Å². The van der Waals surface area contributed by atoms with Crippen molar-refractivity contribution in [3.63, 3.8) is 0 Å². The van der Waals surface area contributed by atoms with Crippen LogP contribution in [0.3, 0.4) is 0 Å². The van der Waals surface area contributed by atoms with Crippen LogP contribution in [-0.2, 0) is 14.8 Å². The highest BCUT2D eigenvalue weighted by Crippen LogP contribution is 2.28. The Kier molecular flexibility index (Phi) is 6.33. The zero-order chi connectivity index (χ0) is 19.3. The standard InChI is InChI=1S/C18H21FN2O4S/c1-4-18(22)20-16-11-15(9-10-17(16)25-3)26(23,24)21-12(2)13-5-7-14(19)8-6-13/h5-12,21H,4H2,1-3H3,(H,20,22)/t12-/m0/s1. The van der Waals surface area contributed by atoms with Gasteiger partial charge >= 0.3 is 0 Å². The van der Waals surface area contributed by atoms with Gasteiger partial charge in [0.05, 0.1) is 17.7 Å². The lowest BCUT2D eigenvalue weighted by Crippen LogP contribution is -2.27. The second-order valence-electron chi connectivity index (χ2n) is 5.66. The van der Waals surface area contributed by atoms with Crippen LogP contribution in [0.4, 0.5) is 10.1 Å². The normalized spacial score (nSPS) is 12.5. The van der Waals surface area contributed by atoms with E-state index in [1.54, 1.807) is 13.8 Å². The van der Waals surface area contributed by atoms with Crippen LogP contribution in [0.15, 0.2) is 47.4 Å². The van der Waals surface area contributed by atoms with Crippen LogP contribution in [0.5, 0.6) is 5.75 Å². The second-order valence-corrected chi connectivity index (χ2v) is 7.37. The largest absolute Gasteiger partial charge is 0.495 e. The van der Waals surface area contributed by atoms with Crippen molar-refractivity contribution in [1.29, 1.82) is 0 Å². The van der Waals surface area contributed by atoms with Crippen molar-refractivity contribution in [2.24, 2.45) is 0 Å². The highest BCUT2D eigenvalue weighted by molar-refractivity contribution is 7.89. The molecule has 0 aliphatic heterocycles. The highest BCUT2D eigenvalue weighted by atomic mass is 32.2. The number of rotatable bonds is 7. The highest BCUT2D eigenvalue weighted by Gasteiger charge is 2.20. The van der Waals surface area contributed by atoms with Crippen LogP contribution >= 0.6 is 0 Å². The molecule has 8 heteroatoms. The van der Waals surface area contributed by atoms with E-state index >= 15 is 0 Å². The third-order valence-electron chi connectivity index (χ3n) is 3.78. The molecule has 2 rings (SSSR count). The Bertz CT molecular complexity index is 883. The molecule has 2 aromatic carbocycles. The minimum atomic E-state index is -3.86. The molecular weight excluding hydrogens is 359 g/mol. The van der Waals surface area contributed by atoms with Crippen LogP contribution in [0.25, 0.3) is 0 Å². The van der Waals surface area contributed by atoms with Crippen LogP contribution in [0.1, 0.15) is 31.9 Å². The van der Waals surface area contributed by atoms with Crippen molar-refractivity contribution in [3.8, 4) is 5.75 Å². The topological polar surface area (TPSA) is 84.5 Å². The summed E-state index contributed by atoms with van der Waals surface area (Å²) in [5.41, 5.74) is 0.902. The Labute approximate surface area is 152 Å². The number of anilines is 1. The van der Waals surface area contributed by atoms with Crippen molar-refractivity contribution in [1.82, 2.24) is 4.72 Å². The number of benzene rings is 2. The first kappa shape index (κ1) is 19.9. The number of nitrogens with one attached hydrogen (secondary N) is 2. The minimum absolute atomic E-state index is 0.0151. The van der Waals surface area contributed by atoms with E-state index < -0.39 is 21.9 Å². The van der Waals surface area contributed by atoms with Crippen molar-refractivity contribution in [2.75, 3.05) is 12.4 Å². The monoisotopic (exact) mass is 380 g/mol. The number of hydrogen-bond donors (Lipinski definition) is 2. The van der Waals surface area contributed by atoms with Gasteiger partial charge in [0.15, 0.2) is 0 Å². The number of carbonyl (C=O) groups excluding carboxylic acids is 1. The molecule has 0 bridgehead atoms. The summed E-state index contributed by atoms with van der Waals surface area (Å²) < 4.78 is 46.0. The van der Waals surface area contributed by atoms with Crippen molar-refractivity contribution in [2.45, 2.75) is 31.2 Å². The molecule has 2 aromatic rings. The van der Waals surface area contributed by atoms with E-state index in [2.05, 4.69) is 10.0 Å². The summed E-state index contributed by atoms with van der Waals surface area (Å²) in [7, 11) is -2.43. The van der Waals surface area contributed by atoms with Gasteiger partial charge in [0, 0.05) is 12.5 Å². The molecule has 1 atom stereocenters. The second kappa shape index (κ2) is 8.29. The summed E-state index contributed by atoms with van der Waals surface area (Å²) in [5, 5.41) is 2.62. The van der Waals surface area contributed by atoms with Gasteiger partial charge in [-0.05, 0) is 42.8 Å². The molecule has 0 unspecified atom stereocenters. The molecule has 0 spiro atoms. The van der Waals surface area contributed by atoms with Gasteiger partial charge < -0.3 is 10.1 Å². The van der Waals surface area contributed by atoms with Crippen molar-refractivity contribution in [3.05, 3.63) is 53.8 Å². The Morgan fingerprint density at radius 3 is 2.42 bits per heavy atom. The Hall–Kier alpha value is -2.45. The fourth-order valence-electron chi connectivity index (χ4n) is 2.31. The third-order valence-corrected chi connectivity index (χ3v) is 5.32. The molecule has 0 fully saturated rings. The predicted octanol–water partition coefficient (Wildman–Crippen LogP) is 3.22. The summed E-state index contributed by atoms with van der Waals surface area (Å²) in [6.45, 7) is 3.35. The van der Waals surface area contributed by atoms with Crippen LogP contribution in [0.2, 0.25) is 0 Å². The van der Waals surface area contributed by atoms with Gasteiger partial charge in [-0.25, -0.2) is 17.5 Å². The van der Waals surface area contributed by atoms with Gasteiger partial charge in [0.1, 0.15) is 11.6 Å². The lowest BCUT2D eigenvalue weighted by Gasteiger charge is -2.16. The summed E-state index contributed by atoms with van der Waals surface area (Å²) in [6.07, 6.45) is 0.250. The average molecular weight is 380 g/mol. The Morgan fingerprint density at radius 2 is 1.85 bits per heavy atom. The predicted molar refractivity (Wildman–Crippen MR) is 97.1 cm³/mol. The first-order chi connectivity index (χ1) is 12.3. The Balaban J connectivity index is 2.28. The number of ether oxygens (including phenoxy) is 1. The molecule has 6 nitrogen and oxygen atoms in total. The lowest BCUT2D eigenvalue weighted by molar-refractivity contribution is -0.115. The van der Waals surface area contributed by atoms with Gasteiger partial charge in [0.2, 0.25) is 15.9 Å². The van der Waals surface area contributed by atoms with Crippen LogP contribution in [0, 0.1) is 5.82 Å². The maximum absolute atomic E-state index is 13.0. The SMILES string of the molecule is CCC(=O)Nc1cc(S(=O)(=O)N[C@@H](C)c2ccc(F)cc2)ccc1OC. The minimum Gasteiger partial charge on any atom is -0.495 e. The number of amides is 1. The zero-order valence-electron chi connectivity index (χ0n) is 14.7. The van der Waals surface area contributed by atoms with Gasteiger partial charge in [-0.2, -0.15) is 0 Å². The van der Waals surface area contributed by atoms with Gasteiger partial charge in [-0.15, -0.1) is 0 Å². The smallest absolute Gasteiger partial charge is 0.241 e. The molecule has 0 aliphatic carbocycles. The maximum Gasteiger partial charge on any atom is 0.241 e. The lowest BCUT2D eigenvalue weighted by atomic mass is 10.1. The van der Waals surface area contributed by atoms with Crippen molar-refractivity contribution >= 4 is 21.6 Å². The first-order valence-corrected chi connectivity index (χ1v) is 9.50. The molecule has 1 amide bonds. The number of carbonyl (C=O) groups is 1. The fourth-order valence-corrected chi connectivity index (χ4v) is 3.57. The number of hydrogen-bond acceptors (Lipinski definition) is 4. The number of methoxy groups -OCH3 is 1. The molecule has 26 heavy (non-hydrogen) atoms. The summed E-state index contributed by atoms with van der Waals surface area (Å²) in [4.78, 5) is 11.6. The van der Waals surface area contributed by atoms with E-state index in [1.807, 2.05) is 0 Å². The van der Waals surface area contributed by atoms with Crippen molar-refractivity contribution < 1.29 is 22.3 Å². The third kappa shape index (κ3) is 4.80. The first-order valence-electron chi connectivity index (χ1n) is 8.02. The molecule has 0 saturated carbocycles. The van der Waals surface area contributed by atoms with E-state index in [1.165, 1.54) is 49.6 Å². The summed E-state index contributed by atoms with van der Waals surface area (Å²) >= 11 is 0. The fraction of sp³-hybridized carbons (Fsp3) is 0.278. The van der Waals surface area contributed by atoms with E-state index in [0.29, 0.717) is 11.3 Å². The maximum atomic E-state index is 13.0.